The SMILES string of the molecule is CCCCC/C=C\C/C=C\CCCCCCCCCCCCCCCCCC(=O)OC(/C=C\CCCCCCCCCCCCC)C(COP(=O)([O-])OCC[N+](C)(C)C)NC(=O)CCCCC/C=C/C=C/CCCCCCCCC. The fourth-order valence-electron chi connectivity index (χ4n) is 9.90. The molecule has 1 N–H and O–H groups in total. The van der Waals surface area contributed by atoms with Crippen molar-refractivity contribution in [2.75, 3.05) is 40.9 Å². The van der Waals surface area contributed by atoms with Crippen LogP contribution >= 0.6 is 7.82 Å². The quantitative estimate of drug-likeness (QED) is 0.0161. The number of hydrogen-bond donors (Lipinski definition) is 1. The molecule has 1 amide bonds. The number of phosphoric ester groups is 1. The van der Waals surface area contributed by atoms with E-state index in [0.29, 0.717) is 17.4 Å². The van der Waals surface area contributed by atoms with Gasteiger partial charge in [-0.15, -0.1) is 0 Å². The topological polar surface area (TPSA) is 114 Å². The maximum absolute atomic E-state index is 13.5. The molecule has 0 fully saturated rings. The third-order valence-corrected chi connectivity index (χ3v) is 16.2. The van der Waals surface area contributed by atoms with Gasteiger partial charge in [0.2, 0.25) is 5.91 Å². The Hall–Kier alpha value is -2.29. The van der Waals surface area contributed by atoms with E-state index in [1.807, 2.05) is 33.3 Å². The number of amides is 1. The zero-order chi connectivity index (χ0) is 58.6. The van der Waals surface area contributed by atoms with Gasteiger partial charge in [0.25, 0.3) is 7.82 Å². The molecule has 80 heavy (non-hydrogen) atoms. The van der Waals surface area contributed by atoms with Gasteiger partial charge in [0, 0.05) is 12.8 Å². The molecule has 0 spiro atoms. The first-order valence-corrected chi connectivity index (χ1v) is 35.6. The Kier molecular flexibility index (Phi) is 58.1. The molecule has 0 rings (SSSR count). The number of phosphoric acid groups is 1. The number of carbonyl (C=O) groups excluding carboxylic acids is 2. The summed E-state index contributed by atoms with van der Waals surface area (Å²) in [6, 6.07) is -0.902. The summed E-state index contributed by atoms with van der Waals surface area (Å²) in [4.78, 5) is 40.1. The standard InChI is InChI=1S/C70H131N2O7P/c1-7-10-13-16-19-22-25-28-30-32-33-34-35-36-37-38-39-40-42-45-48-51-54-57-60-63-70(74)79-68(61-58-55-52-49-46-43-27-24-21-18-15-12-9-3)67(66-78-80(75,76)77-65-64-72(4,5)6)71-69(73)62-59-56-53-50-47-44-41-31-29-26-23-20-17-14-11-8-2/h19,22,28,30-31,41,44,47,58,61,67-68H,7-18,20-21,23-27,29,32-40,42-43,45-46,48-57,59-60,62-66H2,1-6H3,(H-,71,73,75,76)/b22-19-,30-28-,41-31+,47-44+,61-58-. The predicted octanol–water partition coefficient (Wildman–Crippen LogP) is 20.8. The molecule has 0 aromatic rings. The van der Waals surface area contributed by atoms with Gasteiger partial charge < -0.3 is 28.5 Å². The van der Waals surface area contributed by atoms with Crippen LogP contribution < -0.4 is 10.2 Å². The first-order valence-electron chi connectivity index (χ1n) is 34.1. The Morgan fingerprint density at radius 3 is 1.24 bits per heavy atom. The average Bonchev–Trinajstić information content (AvgIpc) is 3.42. The minimum absolute atomic E-state index is 0.0273. The van der Waals surface area contributed by atoms with Crippen LogP contribution in [-0.4, -0.2) is 69.4 Å². The van der Waals surface area contributed by atoms with Gasteiger partial charge in [-0.05, 0) is 89.5 Å². The molecule has 10 heteroatoms. The molecule has 0 aliphatic heterocycles. The third kappa shape index (κ3) is 60.3. The van der Waals surface area contributed by atoms with Crippen molar-refractivity contribution in [1.82, 2.24) is 5.32 Å². The highest BCUT2D eigenvalue weighted by Crippen LogP contribution is 2.38. The number of hydrogen-bond acceptors (Lipinski definition) is 7. The first-order chi connectivity index (χ1) is 38.9. The molecular formula is C70H131N2O7P. The third-order valence-electron chi connectivity index (χ3n) is 15.2. The van der Waals surface area contributed by atoms with E-state index in [9.17, 15) is 19.0 Å². The van der Waals surface area contributed by atoms with Gasteiger partial charge in [-0.2, -0.15) is 0 Å². The largest absolute Gasteiger partial charge is 0.756 e. The van der Waals surface area contributed by atoms with Crippen LogP contribution in [0.2, 0.25) is 0 Å². The monoisotopic (exact) mass is 1140 g/mol. The van der Waals surface area contributed by atoms with Crippen LogP contribution in [0.15, 0.2) is 60.8 Å². The molecule has 468 valence electrons. The predicted molar refractivity (Wildman–Crippen MR) is 344 cm³/mol. The molecule has 0 aliphatic rings. The zero-order valence-electron chi connectivity index (χ0n) is 53.5. The number of nitrogens with zero attached hydrogens (tertiary/aromatic N) is 1. The van der Waals surface area contributed by atoms with Gasteiger partial charge in [-0.3, -0.25) is 14.2 Å². The molecule has 0 bridgehead atoms. The summed E-state index contributed by atoms with van der Waals surface area (Å²) in [5.74, 6) is -0.561. The Labute approximate surface area is 496 Å². The first kappa shape index (κ1) is 77.7. The van der Waals surface area contributed by atoms with Crippen molar-refractivity contribution in [3.8, 4) is 0 Å². The van der Waals surface area contributed by atoms with Gasteiger partial charge in [0.1, 0.15) is 19.3 Å². The number of allylic oxidation sites excluding steroid dienone is 9. The number of esters is 1. The number of likely N-dealkylation sites (N-methyl/N-ethyl adjacent to an activating group) is 1. The summed E-state index contributed by atoms with van der Waals surface area (Å²) >= 11 is 0. The summed E-state index contributed by atoms with van der Waals surface area (Å²) in [5.41, 5.74) is 0. The van der Waals surface area contributed by atoms with E-state index in [-0.39, 0.29) is 31.3 Å². The average molecular weight is 1140 g/mol. The molecule has 0 aromatic carbocycles. The Morgan fingerprint density at radius 2 is 0.800 bits per heavy atom. The minimum Gasteiger partial charge on any atom is -0.756 e. The van der Waals surface area contributed by atoms with Crippen LogP contribution in [0.5, 0.6) is 0 Å². The van der Waals surface area contributed by atoms with E-state index in [2.05, 4.69) is 74.7 Å². The van der Waals surface area contributed by atoms with Crippen molar-refractivity contribution in [1.29, 1.82) is 0 Å². The van der Waals surface area contributed by atoms with E-state index < -0.39 is 26.6 Å². The van der Waals surface area contributed by atoms with Gasteiger partial charge in [0.15, 0.2) is 0 Å². The molecule has 0 radical (unpaired) electrons. The highest BCUT2D eigenvalue weighted by Gasteiger charge is 2.27. The van der Waals surface area contributed by atoms with Gasteiger partial charge in [-0.1, -0.05) is 281 Å². The summed E-state index contributed by atoms with van der Waals surface area (Å²) in [6.45, 7) is 6.83. The van der Waals surface area contributed by atoms with Crippen LogP contribution in [0.4, 0.5) is 0 Å². The highest BCUT2D eigenvalue weighted by atomic mass is 31.2. The van der Waals surface area contributed by atoms with Crippen molar-refractivity contribution >= 4 is 19.7 Å². The number of carbonyl (C=O) groups is 2. The van der Waals surface area contributed by atoms with E-state index in [4.69, 9.17) is 13.8 Å². The lowest BCUT2D eigenvalue weighted by atomic mass is 10.0. The fraction of sp³-hybridized carbons (Fsp3) is 0.829. The second-order valence-electron chi connectivity index (χ2n) is 24.4. The smallest absolute Gasteiger partial charge is 0.306 e. The summed E-state index contributed by atoms with van der Waals surface area (Å²) in [5, 5.41) is 3.02. The van der Waals surface area contributed by atoms with Crippen molar-refractivity contribution in [3.05, 3.63) is 60.8 Å². The van der Waals surface area contributed by atoms with Crippen LogP contribution in [0.1, 0.15) is 323 Å². The molecule has 0 saturated heterocycles. The number of ether oxygens (including phenoxy) is 1. The number of quaternary nitrogens is 1. The van der Waals surface area contributed by atoms with E-state index in [1.165, 1.54) is 212 Å². The summed E-state index contributed by atoms with van der Waals surface area (Å²) in [7, 11) is 1.17. The molecule has 0 aromatic heterocycles. The van der Waals surface area contributed by atoms with Crippen molar-refractivity contribution in [2.45, 2.75) is 335 Å². The number of nitrogens with one attached hydrogen (secondary N) is 1. The van der Waals surface area contributed by atoms with Crippen molar-refractivity contribution in [2.24, 2.45) is 0 Å². The van der Waals surface area contributed by atoms with Gasteiger partial charge in [0.05, 0.1) is 33.8 Å². The van der Waals surface area contributed by atoms with E-state index in [1.54, 1.807) is 0 Å². The van der Waals surface area contributed by atoms with E-state index in [0.717, 1.165) is 70.6 Å². The highest BCUT2D eigenvalue weighted by molar-refractivity contribution is 7.45. The zero-order valence-corrected chi connectivity index (χ0v) is 54.4. The van der Waals surface area contributed by atoms with Crippen LogP contribution in [0, 0.1) is 0 Å². The van der Waals surface area contributed by atoms with Gasteiger partial charge >= 0.3 is 5.97 Å². The molecule has 3 atom stereocenters. The van der Waals surface area contributed by atoms with Crippen LogP contribution in [-0.2, 0) is 27.9 Å². The minimum atomic E-state index is -4.71. The second-order valence-corrected chi connectivity index (χ2v) is 25.8. The van der Waals surface area contributed by atoms with Crippen LogP contribution in [0.3, 0.4) is 0 Å². The molecule has 3 unspecified atom stereocenters. The number of unbranched alkanes of at least 4 members (excludes halogenated alkanes) is 39. The van der Waals surface area contributed by atoms with Crippen molar-refractivity contribution < 1.29 is 37.3 Å². The van der Waals surface area contributed by atoms with E-state index >= 15 is 0 Å². The lowest BCUT2D eigenvalue weighted by Gasteiger charge is -2.30. The normalized spacial score (nSPS) is 13.9. The lowest BCUT2D eigenvalue weighted by molar-refractivity contribution is -0.870. The van der Waals surface area contributed by atoms with Crippen molar-refractivity contribution in [3.63, 3.8) is 0 Å². The number of rotatable bonds is 62. The molecular weight excluding hydrogens is 1010 g/mol. The Morgan fingerprint density at radius 1 is 0.450 bits per heavy atom. The van der Waals surface area contributed by atoms with Gasteiger partial charge in [-0.25, -0.2) is 0 Å². The maximum atomic E-state index is 13.5. The molecule has 0 saturated carbocycles. The fourth-order valence-corrected chi connectivity index (χ4v) is 10.6. The maximum Gasteiger partial charge on any atom is 0.306 e. The summed E-state index contributed by atoms with van der Waals surface area (Å²) < 4.78 is 30.4. The Bertz CT molecular complexity index is 1550. The molecule has 0 aliphatic carbocycles. The molecule has 9 nitrogen and oxygen atoms in total. The Balaban J connectivity index is 5.13. The lowest BCUT2D eigenvalue weighted by Crippen LogP contribution is -2.47. The second kappa shape index (κ2) is 59.9. The summed E-state index contributed by atoms with van der Waals surface area (Å²) in [6.07, 6.45) is 76.3. The van der Waals surface area contributed by atoms with Crippen LogP contribution in [0.25, 0.3) is 0 Å². The molecule has 0 heterocycles.